The topological polar surface area (TPSA) is 49.9 Å². The number of amides is 2. The summed E-state index contributed by atoms with van der Waals surface area (Å²) in [4.78, 5) is 28.8. The Labute approximate surface area is 148 Å². The molecule has 0 unspecified atom stereocenters. The van der Waals surface area contributed by atoms with Crippen LogP contribution in [0.5, 0.6) is 0 Å². The van der Waals surface area contributed by atoms with Gasteiger partial charge in [-0.2, -0.15) is 0 Å². The zero-order valence-corrected chi connectivity index (χ0v) is 14.7. The maximum atomic E-state index is 13.2. The first-order valence-corrected chi connectivity index (χ1v) is 9.58. The van der Waals surface area contributed by atoms with E-state index in [9.17, 15) is 9.59 Å². The molecule has 0 aromatic heterocycles. The van der Waals surface area contributed by atoms with Crippen LogP contribution in [0.15, 0.2) is 24.3 Å². The monoisotopic (exact) mass is 342 g/mol. The molecule has 1 saturated heterocycles. The van der Waals surface area contributed by atoms with Gasteiger partial charge in [0.1, 0.15) is 6.61 Å². The first-order chi connectivity index (χ1) is 12.2. The van der Waals surface area contributed by atoms with E-state index in [1.165, 1.54) is 32.1 Å². The molecule has 5 heteroatoms. The van der Waals surface area contributed by atoms with Crippen LogP contribution in [0.4, 0.5) is 10.5 Å². The van der Waals surface area contributed by atoms with Crippen LogP contribution in [-0.4, -0.2) is 42.6 Å². The molecule has 0 N–H and O–H groups in total. The van der Waals surface area contributed by atoms with Gasteiger partial charge in [0.15, 0.2) is 0 Å². The molecule has 3 fully saturated rings. The number of nitrogens with zero attached hydrogens (tertiary/aromatic N) is 2. The van der Waals surface area contributed by atoms with E-state index >= 15 is 0 Å². The number of carbonyl (C=O) groups is 2. The molecule has 3 aliphatic rings. The molecule has 5 nitrogen and oxygen atoms in total. The lowest BCUT2D eigenvalue weighted by atomic mass is 9.93. The maximum absolute atomic E-state index is 13.2. The van der Waals surface area contributed by atoms with E-state index in [1.807, 2.05) is 24.3 Å². The van der Waals surface area contributed by atoms with Gasteiger partial charge >= 0.3 is 6.09 Å². The van der Waals surface area contributed by atoms with Crippen LogP contribution in [0, 0.1) is 5.92 Å². The zero-order chi connectivity index (χ0) is 17.2. The molecule has 2 aliphatic carbocycles. The van der Waals surface area contributed by atoms with Crippen LogP contribution in [0.3, 0.4) is 0 Å². The van der Waals surface area contributed by atoms with Crippen molar-refractivity contribution in [3.63, 3.8) is 0 Å². The van der Waals surface area contributed by atoms with E-state index in [4.69, 9.17) is 4.74 Å². The molecule has 1 aliphatic heterocycles. The van der Waals surface area contributed by atoms with Crippen molar-refractivity contribution >= 4 is 17.7 Å². The number of anilines is 1. The van der Waals surface area contributed by atoms with Crippen LogP contribution in [0.2, 0.25) is 0 Å². The summed E-state index contributed by atoms with van der Waals surface area (Å²) in [5.41, 5.74) is 1.44. The number of hydrogen-bond donors (Lipinski definition) is 0. The first kappa shape index (κ1) is 16.4. The number of benzene rings is 1. The molecular formula is C20H26N2O3. The van der Waals surface area contributed by atoms with Gasteiger partial charge in [0, 0.05) is 23.8 Å². The number of carbonyl (C=O) groups excluding carboxylic acids is 2. The van der Waals surface area contributed by atoms with E-state index in [-0.39, 0.29) is 12.0 Å². The zero-order valence-electron chi connectivity index (χ0n) is 14.7. The van der Waals surface area contributed by atoms with Crippen LogP contribution in [0.25, 0.3) is 0 Å². The summed E-state index contributed by atoms with van der Waals surface area (Å²) in [6.45, 7) is 1.84. The van der Waals surface area contributed by atoms with Crippen LogP contribution in [-0.2, 0) is 4.74 Å². The summed E-state index contributed by atoms with van der Waals surface area (Å²) < 4.78 is 5.02. The SMILES string of the molecule is O=C1OCCN1c1cccc(C(=O)N(CC2CC2)C2CCCCC2)c1. The van der Waals surface area contributed by atoms with E-state index in [2.05, 4.69) is 4.90 Å². The van der Waals surface area contributed by atoms with Gasteiger partial charge in [0.25, 0.3) is 5.91 Å². The normalized spacial score (nSPS) is 21.3. The fourth-order valence-corrected chi connectivity index (χ4v) is 3.97. The Morgan fingerprint density at radius 1 is 1.16 bits per heavy atom. The van der Waals surface area contributed by atoms with Gasteiger partial charge in [-0.05, 0) is 49.8 Å². The highest BCUT2D eigenvalue weighted by Crippen LogP contribution is 2.33. The average molecular weight is 342 g/mol. The number of cyclic esters (lactones) is 1. The van der Waals surface area contributed by atoms with E-state index in [0.29, 0.717) is 30.7 Å². The summed E-state index contributed by atoms with van der Waals surface area (Å²) in [6, 6.07) is 7.83. The van der Waals surface area contributed by atoms with Gasteiger partial charge in [-0.3, -0.25) is 9.69 Å². The quantitative estimate of drug-likeness (QED) is 0.817. The second kappa shape index (κ2) is 7.06. The third kappa shape index (κ3) is 3.65. The Morgan fingerprint density at radius 3 is 2.64 bits per heavy atom. The lowest BCUT2D eigenvalue weighted by Gasteiger charge is -2.35. The molecule has 0 atom stereocenters. The van der Waals surface area contributed by atoms with Crippen molar-refractivity contribution in [3.8, 4) is 0 Å². The minimum absolute atomic E-state index is 0.119. The highest BCUT2D eigenvalue weighted by Gasteiger charge is 2.33. The van der Waals surface area contributed by atoms with Gasteiger partial charge in [0.05, 0.1) is 6.54 Å². The maximum Gasteiger partial charge on any atom is 0.414 e. The summed E-state index contributed by atoms with van der Waals surface area (Å²) in [7, 11) is 0. The van der Waals surface area contributed by atoms with Gasteiger partial charge < -0.3 is 9.64 Å². The van der Waals surface area contributed by atoms with Crippen molar-refractivity contribution in [1.82, 2.24) is 4.90 Å². The fraction of sp³-hybridized carbons (Fsp3) is 0.600. The van der Waals surface area contributed by atoms with Gasteiger partial charge in [-0.1, -0.05) is 25.3 Å². The molecule has 134 valence electrons. The molecule has 0 spiro atoms. The predicted molar refractivity (Wildman–Crippen MR) is 95.8 cm³/mol. The molecule has 1 heterocycles. The Hall–Kier alpha value is -2.04. The van der Waals surface area contributed by atoms with Crippen molar-refractivity contribution in [2.45, 2.75) is 51.0 Å². The Morgan fingerprint density at radius 2 is 1.96 bits per heavy atom. The van der Waals surface area contributed by atoms with Crippen molar-refractivity contribution in [2.24, 2.45) is 5.92 Å². The predicted octanol–water partition coefficient (Wildman–Crippen LogP) is 3.83. The molecule has 2 saturated carbocycles. The number of ether oxygens (including phenoxy) is 1. The third-order valence-corrected chi connectivity index (χ3v) is 5.59. The van der Waals surface area contributed by atoms with Gasteiger partial charge in [-0.25, -0.2) is 4.79 Å². The molecule has 2 amide bonds. The largest absolute Gasteiger partial charge is 0.447 e. The average Bonchev–Trinajstić information content (AvgIpc) is 3.38. The minimum Gasteiger partial charge on any atom is -0.447 e. The third-order valence-electron chi connectivity index (χ3n) is 5.59. The number of hydrogen-bond acceptors (Lipinski definition) is 3. The van der Waals surface area contributed by atoms with Crippen molar-refractivity contribution in [3.05, 3.63) is 29.8 Å². The summed E-state index contributed by atoms with van der Waals surface area (Å²) >= 11 is 0. The van der Waals surface area contributed by atoms with E-state index in [1.54, 1.807) is 4.90 Å². The standard InChI is InChI=1S/C20H26N2O3/c23-19(22(14-15-9-10-15)17-6-2-1-3-7-17)16-5-4-8-18(13-16)21-11-12-25-20(21)24/h4-5,8,13,15,17H,1-3,6-7,9-12,14H2. The van der Waals surface area contributed by atoms with Crippen molar-refractivity contribution in [2.75, 3.05) is 24.6 Å². The highest BCUT2D eigenvalue weighted by atomic mass is 16.6. The second-order valence-electron chi connectivity index (χ2n) is 7.51. The van der Waals surface area contributed by atoms with Crippen molar-refractivity contribution in [1.29, 1.82) is 0 Å². The van der Waals surface area contributed by atoms with Gasteiger partial charge in [0.2, 0.25) is 0 Å². The van der Waals surface area contributed by atoms with Crippen LogP contribution < -0.4 is 4.90 Å². The van der Waals surface area contributed by atoms with Crippen LogP contribution in [0.1, 0.15) is 55.3 Å². The molecule has 1 aromatic rings. The van der Waals surface area contributed by atoms with E-state index in [0.717, 1.165) is 25.1 Å². The Bertz CT molecular complexity index is 650. The smallest absolute Gasteiger partial charge is 0.414 e. The Kier molecular flexibility index (Phi) is 4.64. The molecule has 1 aromatic carbocycles. The summed E-state index contributed by atoms with van der Waals surface area (Å²) in [6.07, 6.45) is 8.14. The Balaban J connectivity index is 1.55. The van der Waals surface area contributed by atoms with Crippen LogP contribution >= 0.6 is 0 Å². The fourth-order valence-electron chi connectivity index (χ4n) is 3.97. The summed E-state index contributed by atoms with van der Waals surface area (Å²) in [5.74, 6) is 0.802. The lowest BCUT2D eigenvalue weighted by molar-refractivity contribution is 0.0622. The second-order valence-corrected chi connectivity index (χ2v) is 7.51. The van der Waals surface area contributed by atoms with E-state index < -0.39 is 0 Å². The van der Waals surface area contributed by atoms with Gasteiger partial charge in [-0.15, -0.1) is 0 Å². The first-order valence-electron chi connectivity index (χ1n) is 9.58. The number of rotatable bonds is 5. The lowest BCUT2D eigenvalue weighted by Crippen LogP contribution is -2.42. The molecular weight excluding hydrogens is 316 g/mol. The molecule has 4 rings (SSSR count). The molecule has 0 radical (unpaired) electrons. The molecule has 0 bridgehead atoms. The molecule has 25 heavy (non-hydrogen) atoms. The highest BCUT2D eigenvalue weighted by molar-refractivity contribution is 5.97. The summed E-state index contributed by atoms with van der Waals surface area (Å²) in [5, 5.41) is 0. The van der Waals surface area contributed by atoms with Crippen molar-refractivity contribution < 1.29 is 14.3 Å². The minimum atomic E-state index is -0.327.